The first kappa shape index (κ1) is 12.5. The molecule has 0 atom stereocenters. The number of halogens is 3. The van der Waals surface area contributed by atoms with Gasteiger partial charge in [-0.25, -0.2) is 8.42 Å². The third-order valence-electron chi connectivity index (χ3n) is 1.70. The molecule has 0 bridgehead atoms. The molecule has 0 spiro atoms. The van der Waals surface area contributed by atoms with E-state index in [9.17, 15) is 31.5 Å². The maximum absolute atomic E-state index is 12.2. The van der Waals surface area contributed by atoms with E-state index in [1.807, 2.05) is 0 Å². The van der Waals surface area contributed by atoms with E-state index in [2.05, 4.69) is 0 Å². The summed E-state index contributed by atoms with van der Waals surface area (Å²) in [7, 11) is -5.67. The Kier molecular flexibility index (Phi) is 2.95. The molecule has 0 amide bonds. The predicted octanol–water partition coefficient (Wildman–Crippen LogP) is 0.344. The van der Waals surface area contributed by atoms with Crippen LogP contribution in [0.1, 0.15) is 10.4 Å². The summed E-state index contributed by atoms with van der Waals surface area (Å²) in [6, 6.07) is 3.38. The van der Waals surface area contributed by atoms with Crippen molar-refractivity contribution < 1.29 is 31.5 Å². The summed E-state index contributed by atoms with van der Waals surface area (Å²) in [5.74, 6) is -1.98. The Morgan fingerprint density at radius 3 is 2.12 bits per heavy atom. The van der Waals surface area contributed by atoms with Gasteiger partial charge in [0.1, 0.15) is 0 Å². The van der Waals surface area contributed by atoms with Gasteiger partial charge in [-0.3, -0.25) is 0 Å². The SMILES string of the molecule is O=C([O-])c1ccccc1S(=O)(=O)C(F)(F)F. The topological polar surface area (TPSA) is 74.3 Å². The molecule has 0 N–H and O–H groups in total. The van der Waals surface area contributed by atoms with Crippen LogP contribution in [0.5, 0.6) is 0 Å². The van der Waals surface area contributed by atoms with Crippen molar-refractivity contribution in [3.63, 3.8) is 0 Å². The monoisotopic (exact) mass is 253 g/mol. The fourth-order valence-electron chi connectivity index (χ4n) is 0.994. The molecule has 0 heterocycles. The number of rotatable bonds is 2. The summed E-state index contributed by atoms with van der Waals surface area (Å²) >= 11 is 0. The first-order valence-electron chi connectivity index (χ1n) is 3.79. The molecule has 4 nitrogen and oxygen atoms in total. The molecule has 0 aliphatic carbocycles. The third-order valence-corrected chi connectivity index (χ3v) is 3.25. The van der Waals surface area contributed by atoms with Crippen LogP contribution in [0.3, 0.4) is 0 Å². The fraction of sp³-hybridized carbons (Fsp3) is 0.125. The van der Waals surface area contributed by atoms with E-state index >= 15 is 0 Å². The molecule has 0 saturated carbocycles. The molecule has 0 aromatic heterocycles. The zero-order valence-corrected chi connectivity index (χ0v) is 8.30. The van der Waals surface area contributed by atoms with Gasteiger partial charge in [0.2, 0.25) is 0 Å². The van der Waals surface area contributed by atoms with Crippen LogP contribution < -0.4 is 5.11 Å². The minimum atomic E-state index is -5.67. The first-order valence-corrected chi connectivity index (χ1v) is 5.28. The molecule has 0 saturated heterocycles. The molecular formula is C8H4F3O4S-. The van der Waals surface area contributed by atoms with Gasteiger partial charge in [-0.1, -0.05) is 18.2 Å². The lowest BCUT2D eigenvalue weighted by molar-refractivity contribution is -0.255. The van der Waals surface area contributed by atoms with Crippen molar-refractivity contribution in [1.82, 2.24) is 0 Å². The van der Waals surface area contributed by atoms with Gasteiger partial charge in [-0.05, 0) is 6.07 Å². The fourth-order valence-corrected chi connectivity index (χ4v) is 1.94. The second-order valence-corrected chi connectivity index (χ2v) is 4.64. The van der Waals surface area contributed by atoms with Gasteiger partial charge < -0.3 is 9.90 Å². The quantitative estimate of drug-likeness (QED) is 0.761. The number of hydrogen-bond acceptors (Lipinski definition) is 4. The van der Waals surface area contributed by atoms with Crippen molar-refractivity contribution in [1.29, 1.82) is 0 Å². The standard InChI is InChI=1S/C8H5F3O4S/c9-8(10,11)16(14,15)6-4-2-1-3-5(6)7(12)13/h1-4H,(H,12,13)/p-1. The summed E-state index contributed by atoms with van der Waals surface area (Å²) in [5.41, 5.74) is -6.56. The third kappa shape index (κ3) is 2.01. The van der Waals surface area contributed by atoms with Gasteiger partial charge in [-0.2, -0.15) is 13.2 Å². The van der Waals surface area contributed by atoms with Crippen molar-refractivity contribution in [3.8, 4) is 0 Å². The average molecular weight is 253 g/mol. The maximum Gasteiger partial charge on any atom is 0.501 e. The largest absolute Gasteiger partial charge is 0.545 e. The Labute approximate surface area is 88.2 Å². The highest BCUT2D eigenvalue weighted by atomic mass is 32.2. The van der Waals surface area contributed by atoms with Gasteiger partial charge >= 0.3 is 5.51 Å². The number of carbonyl (C=O) groups excluding carboxylic acids is 1. The van der Waals surface area contributed by atoms with Crippen LogP contribution in [0.15, 0.2) is 29.2 Å². The van der Waals surface area contributed by atoms with Crippen molar-refractivity contribution >= 4 is 15.8 Å². The van der Waals surface area contributed by atoms with Crippen LogP contribution in [-0.2, 0) is 9.84 Å². The molecular weight excluding hydrogens is 249 g/mol. The van der Waals surface area contributed by atoms with Crippen molar-refractivity contribution in [2.75, 3.05) is 0 Å². The molecule has 0 aliphatic rings. The Hall–Kier alpha value is -1.57. The normalized spacial score (nSPS) is 12.4. The number of carbonyl (C=O) groups is 1. The summed E-state index contributed by atoms with van der Waals surface area (Å²) in [5, 5.41) is 10.5. The molecule has 0 aliphatic heterocycles. The zero-order valence-electron chi connectivity index (χ0n) is 7.48. The van der Waals surface area contributed by atoms with E-state index in [1.165, 1.54) is 0 Å². The maximum atomic E-state index is 12.2. The molecule has 88 valence electrons. The Balaban J connectivity index is 3.52. The van der Waals surface area contributed by atoms with Gasteiger partial charge in [-0.15, -0.1) is 0 Å². The number of sulfone groups is 1. The molecule has 1 rings (SSSR count). The zero-order chi connectivity index (χ0) is 12.6. The van der Waals surface area contributed by atoms with Crippen LogP contribution in [0.2, 0.25) is 0 Å². The summed E-state index contributed by atoms with van der Waals surface area (Å²) in [6.45, 7) is 0. The van der Waals surface area contributed by atoms with Crippen LogP contribution in [0.4, 0.5) is 13.2 Å². The lowest BCUT2D eigenvalue weighted by Gasteiger charge is -2.12. The minimum absolute atomic E-state index is 0.563. The first-order chi connectivity index (χ1) is 7.18. The van der Waals surface area contributed by atoms with E-state index in [0.29, 0.717) is 6.07 Å². The highest BCUT2D eigenvalue weighted by Crippen LogP contribution is 2.31. The molecule has 8 heteroatoms. The minimum Gasteiger partial charge on any atom is -0.545 e. The Morgan fingerprint density at radius 2 is 1.69 bits per heavy atom. The molecule has 0 unspecified atom stereocenters. The molecule has 0 radical (unpaired) electrons. The van der Waals surface area contributed by atoms with Gasteiger partial charge in [0.25, 0.3) is 9.84 Å². The number of alkyl halides is 3. The van der Waals surface area contributed by atoms with Crippen LogP contribution in [-0.4, -0.2) is 19.9 Å². The smallest absolute Gasteiger partial charge is 0.501 e. The van der Waals surface area contributed by atoms with Gasteiger partial charge in [0.05, 0.1) is 10.9 Å². The number of aromatic carboxylic acids is 1. The van der Waals surface area contributed by atoms with Crippen LogP contribution in [0, 0.1) is 0 Å². The second kappa shape index (κ2) is 3.78. The number of carboxylic acids is 1. The molecule has 1 aromatic rings. The molecule has 1 aromatic carbocycles. The highest BCUT2D eigenvalue weighted by Gasteiger charge is 2.47. The number of benzene rings is 1. The van der Waals surface area contributed by atoms with Crippen molar-refractivity contribution in [2.45, 2.75) is 10.4 Å². The highest BCUT2D eigenvalue weighted by molar-refractivity contribution is 7.92. The van der Waals surface area contributed by atoms with Crippen molar-refractivity contribution in [3.05, 3.63) is 29.8 Å². The second-order valence-electron chi connectivity index (χ2n) is 2.73. The van der Waals surface area contributed by atoms with Crippen LogP contribution in [0.25, 0.3) is 0 Å². The van der Waals surface area contributed by atoms with Gasteiger partial charge in [0, 0.05) is 5.56 Å². The van der Waals surface area contributed by atoms with E-state index in [1.54, 1.807) is 0 Å². The van der Waals surface area contributed by atoms with Gasteiger partial charge in [0.15, 0.2) is 0 Å². The van der Waals surface area contributed by atoms with E-state index in [-0.39, 0.29) is 0 Å². The Bertz CT molecular complexity index is 518. The molecule has 16 heavy (non-hydrogen) atoms. The predicted molar refractivity (Wildman–Crippen MR) is 44.0 cm³/mol. The van der Waals surface area contributed by atoms with E-state index in [0.717, 1.165) is 18.2 Å². The lowest BCUT2D eigenvalue weighted by Crippen LogP contribution is -2.29. The Morgan fingerprint density at radius 1 is 1.19 bits per heavy atom. The number of hydrogen-bond donors (Lipinski definition) is 0. The number of carboxylic acid groups (broad SMARTS) is 1. The van der Waals surface area contributed by atoms with Crippen LogP contribution >= 0.6 is 0 Å². The summed E-state index contributed by atoms with van der Waals surface area (Å²) < 4.78 is 58.4. The van der Waals surface area contributed by atoms with Crippen molar-refractivity contribution in [2.24, 2.45) is 0 Å². The van der Waals surface area contributed by atoms with E-state index < -0.39 is 31.8 Å². The lowest BCUT2D eigenvalue weighted by atomic mass is 10.2. The summed E-state index contributed by atoms with van der Waals surface area (Å²) in [4.78, 5) is 9.14. The average Bonchev–Trinajstić information content (AvgIpc) is 2.16. The summed E-state index contributed by atoms with van der Waals surface area (Å²) in [6.07, 6.45) is 0. The van der Waals surface area contributed by atoms with E-state index in [4.69, 9.17) is 0 Å². The molecule has 0 fully saturated rings.